The van der Waals surface area contributed by atoms with E-state index in [0.29, 0.717) is 28.0 Å². The van der Waals surface area contributed by atoms with Gasteiger partial charge in [-0.15, -0.1) is 0 Å². The average molecular weight is 592 g/mol. The Labute approximate surface area is 264 Å². The number of benzene rings is 7. The lowest BCUT2D eigenvalue weighted by Crippen LogP contribution is -2.14. The Morgan fingerprint density at radius 2 is 0.935 bits per heavy atom. The molecule has 0 amide bonds. The first kappa shape index (κ1) is 27.0. The molecule has 0 saturated carbocycles. The van der Waals surface area contributed by atoms with Crippen molar-refractivity contribution in [3.63, 3.8) is 0 Å². The lowest BCUT2D eigenvalue weighted by molar-refractivity contribution is 0.617. The first-order valence-corrected chi connectivity index (χ1v) is 15.0. The van der Waals surface area contributed by atoms with Gasteiger partial charge in [0.25, 0.3) is 0 Å². The van der Waals surface area contributed by atoms with E-state index in [9.17, 15) is 10.5 Å². The number of anilines is 3. The fraction of sp³-hybridized carbons (Fsp3) is 0.0244. The molecule has 0 atom stereocenters. The van der Waals surface area contributed by atoms with Gasteiger partial charge in [0.1, 0.15) is 34.4 Å². The van der Waals surface area contributed by atoms with Crippen LogP contribution in [0, 0.1) is 29.6 Å². The fourth-order valence-corrected chi connectivity index (χ4v) is 6.49. The van der Waals surface area contributed by atoms with Crippen LogP contribution >= 0.6 is 0 Å². The van der Waals surface area contributed by atoms with Gasteiger partial charge in [0.15, 0.2) is 11.2 Å². The second kappa shape index (κ2) is 10.9. The van der Waals surface area contributed by atoms with Crippen LogP contribution in [-0.2, 0) is 0 Å². The summed E-state index contributed by atoms with van der Waals surface area (Å²) in [6.07, 6.45) is 0. The fourth-order valence-electron chi connectivity index (χ4n) is 6.49. The number of nitriles is 2. The monoisotopic (exact) mass is 591 g/mol. The molecule has 1 aromatic heterocycles. The van der Waals surface area contributed by atoms with E-state index in [2.05, 4.69) is 36.4 Å². The first-order chi connectivity index (χ1) is 22.7. The molecule has 8 aromatic rings. The highest BCUT2D eigenvalue weighted by Crippen LogP contribution is 2.45. The molecule has 5 nitrogen and oxygen atoms in total. The summed E-state index contributed by atoms with van der Waals surface area (Å²) in [4.78, 5) is 2.00. The summed E-state index contributed by atoms with van der Waals surface area (Å²) in [7, 11) is 0. The molecule has 5 heteroatoms. The Bertz CT molecular complexity index is 2580. The molecular formula is C41H25N3O2. The van der Waals surface area contributed by atoms with Gasteiger partial charge in [0.05, 0.1) is 5.69 Å². The molecule has 0 radical (unpaired) electrons. The molecule has 0 spiro atoms. The van der Waals surface area contributed by atoms with Crippen molar-refractivity contribution < 1.29 is 8.83 Å². The van der Waals surface area contributed by atoms with Crippen LogP contribution in [0.2, 0.25) is 0 Å². The molecule has 216 valence electrons. The highest BCUT2D eigenvalue weighted by Gasteiger charge is 2.27. The zero-order valence-corrected chi connectivity index (χ0v) is 24.9. The minimum absolute atomic E-state index is 0.201. The quantitative estimate of drug-likeness (QED) is 0.204. The zero-order valence-electron chi connectivity index (χ0n) is 24.9. The summed E-state index contributed by atoms with van der Waals surface area (Å²) in [6, 6.07) is 48.7. The lowest BCUT2D eigenvalue weighted by Gasteiger charge is -2.28. The second-order valence-corrected chi connectivity index (χ2v) is 11.1. The molecule has 7 aromatic carbocycles. The summed E-state index contributed by atoms with van der Waals surface area (Å²) >= 11 is 0. The Morgan fingerprint density at radius 1 is 0.500 bits per heavy atom. The molecule has 0 N–H and O–H groups in total. The van der Waals surface area contributed by atoms with E-state index in [4.69, 9.17) is 8.83 Å². The molecular weight excluding hydrogens is 566 g/mol. The number of rotatable bonds is 3. The highest BCUT2D eigenvalue weighted by atomic mass is 16.4. The molecule has 0 bridgehead atoms. The molecule has 0 saturated heterocycles. The number of nitrogens with zero attached hydrogens (tertiary/aromatic N) is 3. The minimum Gasteiger partial charge on any atom is -0.451 e. The standard InChI is InChI=1S/C41H25N3O2/c1-26-33(24-42)40-41(34(25-43)39(26)44(29-14-4-2-5-15-29)30-16-6-3-7-17-30)46-36-23-21-28-13-9-11-19-32(28)38(36)37-31-18-10-8-12-27(31)20-22-35(37)45-40/h2-23H,1H3. The smallest absolute Gasteiger partial charge is 0.191 e. The summed E-state index contributed by atoms with van der Waals surface area (Å²) in [5.41, 5.74) is 4.98. The number of hydrogen-bond acceptors (Lipinski definition) is 5. The Hall–Kier alpha value is -6.56. The van der Waals surface area contributed by atoms with E-state index in [1.807, 2.05) is 121 Å². The van der Waals surface area contributed by atoms with Gasteiger partial charge >= 0.3 is 0 Å². The third-order valence-corrected chi connectivity index (χ3v) is 8.56. The maximum absolute atomic E-state index is 10.9. The van der Waals surface area contributed by atoms with Crippen molar-refractivity contribution in [1.82, 2.24) is 0 Å². The van der Waals surface area contributed by atoms with Crippen LogP contribution < -0.4 is 4.90 Å². The van der Waals surface area contributed by atoms with Crippen LogP contribution in [0.15, 0.2) is 142 Å². The highest BCUT2D eigenvalue weighted by molar-refractivity contribution is 6.25. The molecule has 0 aliphatic carbocycles. The second-order valence-electron chi connectivity index (χ2n) is 11.1. The van der Waals surface area contributed by atoms with Crippen LogP contribution in [0.25, 0.3) is 54.6 Å². The van der Waals surface area contributed by atoms with Crippen molar-refractivity contribution in [2.24, 2.45) is 0 Å². The minimum atomic E-state index is 0.201. The number of para-hydroxylation sites is 2. The normalized spacial score (nSPS) is 11.1. The topological polar surface area (TPSA) is 77.1 Å². The lowest BCUT2D eigenvalue weighted by atomic mass is 9.97. The van der Waals surface area contributed by atoms with Crippen LogP contribution in [0.1, 0.15) is 16.7 Å². The van der Waals surface area contributed by atoms with Crippen LogP contribution in [0.5, 0.6) is 0 Å². The zero-order chi connectivity index (χ0) is 31.2. The molecule has 0 fully saturated rings. The van der Waals surface area contributed by atoms with Gasteiger partial charge in [-0.05, 0) is 70.4 Å². The van der Waals surface area contributed by atoms with Crippen molar-refractivity contribution in [2.75, 3.05) is 4.90 Å². The van der Waals surface area contributed by atoms with E-state index >= 15 is 0 Å². The predicted molar refractivity (Wildman–Crippen MR) is 185 cm³/mol. The predicted octanol–water partition coefficient (Wildman–Crippen LogP) is 11.3. The van der Waals surface area contributed by atoms with Crippen molar-refractivity contribution in [3.05, 3.63) is 150 Å². The van der Waals surface area contributed by atoms with Gasteiger partial charge in [-0.25, -0.2) is 0 Å². The van der Waals surface area contributed by atoms with Gasteiger partial charge in [0.2, 0.25) is 0 Å². The number of hydrogen-bond donors (Lipinski definition) is 0. The summed E-state index contributed by atoms with van der Waals surface area (Å²) < 4.78 is 13.6. The molecule has 0 aliphatic heterocycles. The van der Waals surface area contributed by atoms with Crippen LogP contribution in [-0.4, -0.2) is 0 Å². The maximum Gasteiger partial charge on any atom is 0.191 e. The largest absolute Gasteiger partial charge is 0.451 e. The first-order valence-electron chi connectivity index (χ1n) is 15.0. The van der Waals surface area contributed by atoms with Gasteiger partial charge < -0.3 is 13.7 Å². The number of fused-ring (bicyclic) bond motifs is 8. The van der Waals surface area contributed by atoms with Crippen molar-refractivity contribution in [1.29, 1.82) is 10.5 Å². The molecule has 0 aliphatic rings. The van der Waals surface area contributed by atoms with E-state index in [0.717, 1.165) is 43.7 Å². The Kier molecular flexibility index (Phi) is 6.38. The summed E-state index contributed by atoms with van der Waals surface area (Å²) in [5.74, 6) is 0. The maximum atomic E-state index is 10.9. The van der Waals surface area contributed by atoms with Crippen molar-refractivity contribution >= 4 is 71.7 Å². The average Bonchev–Trinajstić information content (AvgIpc) is 3.10. The van der Waals surface area contributed by atoms with Gasteiger partial charge in [-0.1, -0.05) is 97.1 Å². The van der Waals surface area contributed by atoms with Gasteiger partial charge in [-0.3, -0.25) is 0 Å². The molecule has 8 rings (SSSR count). The van der Waals surface area contributed by atoms with Crippen LogP contribution in [0.4, 0.5) is 17.1 Å². The Balaban J connectivity index is 1.64. The van der Waals surface area contributed by atoms with Crippen molar-refractivity contribution in [2.45, 2.75) is 6.92 Å². The van der Waals surface area contributed by atoms with E-state index in [-0.39, 0.29) is 16.7 Å². The van der Waals surface area contributed by atoms with E-state index in [1.54, 1.807) is 0 Å². The molecule has 46 heavy (non-hydrogen) atoms. The SMILES string of the molecule is Cc1c(N(c2ccccc2)c2ccccc2)c(C#N)c2oc3ccc4ccccc4c3c3c(ccc4ccccc43)oc2c1C#N. The van der Waals surface area contributed by atoms with E-state index < -0.39 is 0 Å². The Morgan fingerprint density at radius 3 is 1.41 bits per heavy atom. The van der Waals surface area contributed by atoms with Crippen molar-refractivity contribution in [3.8, 4) is 12.1 Å². The summed E-state index contributed by atoms with van der Waals surface area (Å²) in [5, 5.41) is 27.5. The van der Waals surface area contributed by atoms with Crippen LogP contribution in [0.3, 0.4) is 0 Å². The van der Waals surface area contributed by atoms with Gasteiger partial charge in [-0.2, -0.15) is 10.5 Å². The third-order valence-electron chi connectivity index (χ3n) is 8.56. The van der Waals surface area contributed by atoms with E-state index in [1.165, 1.54) is 0 Å². The third kappa shape index (κ3) is 4.15. The van der Waals surface area contributed by atoms with Gasteiger partial charge in [0, 0.05) is 22.1 Å². The molecule has 1 heterocycles. The molecule has 0 unspecified atom stereocenters. The summed E-state index contributed by atoms with van der Waals surface area (Å²) in [6.45, 7) is 1.86.